The van der Waals surface area contributed by atoms with Crippen LogP contribution in [-0.2, 0) is 35.8 Å². The molecule has 0 bridgehead atoms. The number of phosphoric acid groups is 1. The summed E-state index contributed by atoms with van der Waals surface area (Å²) in [7, 11) is -4.54. The number of alkyl halides is 1. The Kier molecular flexibility index (Phi) is 7.56. The first kappa shape index (κ1) is 30.0. The van der Waals surface area contributed by atoms with Crippen molar-refractivity contribution >= 4 is 20.0 Å². The Hall–Kier alpha value is -1.99. The van der Waals surface area contributed by atoms with Crippen molar-refractivity contribution in [3.63, 3.8) is 0 Å². The highest BCUT2D eigenvalue weighted by atomic mass is 32.1. The first-order valence-electron chi connectivity index (χ1n) is 12.3. The van der Waals surface area contributed by atoms with Gasteiger partial charge in [0.15, 0.2) is 6.23 Å². The smallest absolute Gasteiger partial charge is 0.403 e. The molecule has 1 aromatic carbocycles. The maximum atomic E-state index is 15.7. The van der Waals surface area contributed by atoms with Crippen molar-refractivity contribution < 1.29 is 41.9 Å². The average molecular weight is 591 g/mol. The molecular formula is C25H33F2N2O8PS. The van der Waals surface area contributed by atoms with Crippen LogP contribution in [-0.4, -0.2) is 44.4 Å². The molecule has 0 aliphatic carbocycles. The Balaban J connectivity index is 1.62. The van der Waals surface area contributed by atoms with Gasteiger partial charge in [0.2, 0.25) is 0 Å². The number of aromatic nitrogens is 2. The number of fused-ring (bicyclic) bond motifs is 1. The van der Waals surface area contributed by atoms with Crippen molar-refractivity contribution in [2.24, 2.45) is 0 Å². The van der Waals surface area contributed by atoms with Crippen molar-refractivity contribution in [1.82, 2.24) is 9.55 Å². The van der Waals surface area contributed by atoms with Gasteiger partial charge < -0.3 is 19.5 Å². The molecule has 3 N–H and O–H groups in total. The second-order valence-electron chi connectivity index (χ2n) is 11.9. The van der Waals surface area contributed by atoms with Crippen LogP contribution in [0.2, 0.25) is 0 Å². The summed E-state index contributed by atoms with van der Waals surface area (Å²) >= 11 is 4.99. The van der Waals surface area contributed by atoms with Crippen LogP contribution in [0.15, 0.2) is 17.1 Å². The van der Waals surface area contributed by atoms with Gasteiger partial charge in [-0.05, 0) is 29.4 Å². The Bertz CT molecular complexity index is 1460. The first-order chi connectivity index (χ1) is 17.8. The number of phosphoric ester groups is 1. The number of benzene rings is 1. The molecule has 1 fully saturated rings. The van der Waals surface area contributed by atoms with Gasteiger partial charge in [-0.25, -0.2) is 18.1 Å². The van der Waals surface area contributed by atoms with E-state index in [9.17, 15) is 19.6 Å². The molecule has 216 valence electrons. The minimum Gasteiger partial charge on any atom is -0.403 e. The van der Waals surface area contributed by atoms with E-state index in [1.807, 2.05) is 41.5 Å². The number of halogens is 2. The predicted octanol–water partition coefficient (Wildman–Crippen LogP) is 4.60. The summed E-state index contributed by atoms with van der Waals surface area (Å²) in [5, 5.41) is 20.9. The maximum Gasteiger partial charge on any atom is 0.530 e. The monoisotopic (exact) mass is 590 g/mol. The Morgan fingerprint density at radius 1 is 1.23 bits per heavy atom. The van der Waals surface area contributed by atoms with Crippen molar-refractivity contribution in [2.75, 3.05) is 6.61 Å². The maximum absolute atomic E-state index is 15.7. The van der Waals surface area contributed by atoms with Crippen LogP contribution in [0.25, 0.3) is 0 Å². The van der Waals surface area contributed by atoms with Gasteiger partial charge in [-0.1, -0.05) is 53.8 Å². The fourth-order valence-electron chi connectivity index (χ4n) is 4.41. The fraction of sp³-hybridized carbons (Fsp3) is 0.600. The molecule has 4 rings (SSSR count). The van der Waals surface area contributed by atoms with Crippen molar-refractivity contribution in [2.45, 2.75) is 90.2 Å². The van der Waals surface area contributed by atoms with E-state index in [0.29, 0.717) is 16.7 Å². The predicted molar refractivity (Wildman–Crippen MR) is 139 cm³/mol. The van der Waals surface area contributed by atoms with Gasteiger partial charge >= 0.3 is 13.5 Å². The molecule has 1 unspecified atom stereocenters. The van der Waals surface area contributed by atoms with Crippen molar-refractivity contribution in [1.29, 1.82) is 0 Å². The molecule has 2 aliphatic rings. The second kappa shape index (κ2) is 9.83. The van der Waals surface area contributed by atoms with Crippen LogP contribution >= 0.6 is 20.0 Å². The van der Waals surface area contributed by atoms with Gasteiger partial charge in [0.25, 0.3) is 5.85 Å². The summed E-state index contributed by atoms with van der Waals surface area (Å²) in [5.41, 5.74) is -0.446. The number of aliphatic hydroxyl groups is 2. The molecule has 0 radical (unpaired) electrons. The zero-order chi connectivity index (χ0) is 29.3. The Morgan fingerprint density at radius 2 is 1.85 bits per heavy atom. The fourth-order valence-corrected chi connectivity index (χ4v) is 5.79. The number of ether oxygens (including phenoxy) is 1. The lowest BCUT2D eigenvalue weighted by Crippen LogP contribution is -2.43. The van der Waals surface area contributed by atoms with Crippen molar-refractivity contribution in [3.05, 3.63) is 55.5 Å². The van der Waals surface area contributed by atoms with E-state index in [4.69, 9.17) is 30.5 Å². The third-order valence-electron chi connectivity index (χ3n) is 6.71. The molecule has 0 amide bonds. The summed E-state index contributed by atoms with van der Waals surface area (Å²) < 4.78 is 66.9. The molecule has 1 aromatic heterocycles. The molecule has 14 heteroatoms. The number of nitrogens with one attached hydrogen (secondary N) is 1. The lowest BCUT2D eigenvalue weighted by atomic mass is 9.78. The van der Waals surface area contributed by atoms with Gasteiger partial charge in [-0.3, -0.25) is 18.6 Å². The van der Waals surface area contributed by atoms with Gasteiger partial charge in [-0.2, -0.15) is 0 Å². The molecule has 5 atom stereocenters. The molecule has 2 aromatic rings. The van der Waals surface area contributed by atoms with Crippen LogP contribution in [0.3, 0.4) is 0 Å². The second-order valence-corrected chi connectivity index (χ2v) is 13.9. The van der Waals surface area contributed by atoms with E-state index in [1.54, 1.807) is 13.0 Å². The van der Waals surface area contributed by atoms with Crippen LogP contribution < -0.4 is 10.2 Å². The van der Waals surface area contributed by atoms with Crippen LogP contribution in [0, 0.1) is 17.4 Å². The summed E-state index contributed by atoms with van der Waals surface area (Å²) in [6.07, 6.45) is -4.50. The number of aryl methyl sites for hydroxylation is 1. The van der Waals surface area contributed by atoms with Gasteiger partial charge in [0.05, 0.1) is 12.2 Å². The number of aliphatic hydroxyl groups excluding tert-OH is 2. The molecule has 1 saturated heterocycles. The molecule has 39 heavy (non-hydrogen) atoms. The van der Waals surface area contributed by atoms with E-state index >= 15 is 8.78 Å². The zero-order valence-corrected chi connectivity index (χ0v) is 24.4. The number of nitrogens with zero attached hydrogens (tertiary/aromatic N) is 1. The molecule has 0 spiro atoms. The minimum atomic E-state index is -4.54. The molecule has 3 heterocycles. The normalized spacial score (nSPS) is 29.3. The van der Waals surface area contributed by atoms with E-state index in [0.717, 1.165) is 4.57 Å². The van der Waals surface area contributed by atoms with Crippen LogP contribution in [0.4, 0.5) is 8.78 Å². The minimum absolute atomic E-state index is 0.0251. The first-order valence-corrected chi connectivity index (χ1v) is 14.1. The average Bonchev–Trinajstić information content (AvgIpc) is 3.03. The van der Waals surface area contributed by atoms with E-state index < -0.39 is 67.7 Å². The van der Waals surface area contributed by atoms with Crippen LogP contribution in [0.5, 0.6) is 5.75 Å². The lowest BCUT2D eigenvalue weighted by molar-refractivity contribution is -0.205. The molecule has 2 aliphatic heterocycles. The van der Waals surface area contributed by atoms with E-state index in [1.165, 1.54) is 6.20 Å². The number of rotatable bonds is 4. The van der Waals surface area contributed by atoms with Crippen LogP contribution in [0.1, 0.15) is 70.0 Å². The highest BCUT2D eigenvalue weighted by Crippen LogP contribution is 2.58. The highest BCUT2D eigenvalue weighted by molar-refractivity contribution is 7.71. The molecule has 0 saturated carbocycles. The SMILES string of the molecule is Cc1cn([C@@H]2O[C@](F)(COP3(=O)OCc4c(F)c(C(C)(C)C)cc(C(C)(C)C)c4O3)[C@@H](O)[C@H]2O)c(=O)[nH]c1=S. The quantitative estimate of drug-likeness (QED) is 0.345. The third kappa shape index (κ3) is 5.50. The summed E-state index contributed by atoms with van der Waals surface area (Å²) in [6, 6.07) is 1.65. The highest BCUT2D eigenvalue weighted by Gasteiger charge is 2.58. The third-order valence-corrected chi connectivity index (χ3v) is 8.43. The molecular weight excluding hydrogens is 557 g/mol. The summed E-state index contributed by atoms with van der Waals surface area (Å²) in [4.78, 5) is 14.7. The number of aromatic amines is 1. The lowest BCUT2D eigenvalue weighted by Gasteiger charge is -2.34. The van der Waals surface area contributed by atoms with E-state index in [-0.39, 0.29) is 16.0 Å². The topological polar surface area (TPSA) is 132 Å². The standard InChI is InChI=1S/C25H33F2N2O8PS/c1-12-9-29(22(32)28-20(12)39)21-17(30)19(31)25(27,36-21)11-35-38(33)34-10-13-16(26)14(23(2,3)4)8-15(18(13)37-38)24(5,6)7/h8-9,17,19,21,30-31H,10-11H2,1-7H3,(H,28,32,39)/t17-,19+,21-,25-,38?/m1/s1. The number of hydrogen-bond acceptors (Lipinski definition) is 9. The summed E-state index contributed by atoms with van der Waals surface area (Å²) in [5.74, 6) is -3.70. The van der Waals surface area contributed by atoms with Crippen molar-refractivity contribution in [3.8, 4) is 5.75 Å². The Morgan fingerprint density at radius 3 is 2.44 bits per heavy atom. The summed E-state index contributed by atoms with van der Waals surface area (Å²) in [6.45, 7) is 11.1. The van der Waals surface area contributed by atoms with Gasteiger partial charge in [0, 0.05) is 17.3 Å². The Labute approximate surface area is 229 Å². The molecule has 10 nitrogen and oxygen atoms in total. The van der Waals surface area contributed by atoms with E-state index in [2.05, 4.69) is 4.98 Å². The number of hydrogen-bond donors (Lipinski definition) is 3. The zero-order valence-electron chi connectivity index (χ0n) is 22.7. The van der Waals surface area contributed by atoms with Gasteiger partial charge in [0.1, 0.15) is 35.0 Å². The van der Waals surface area contributed by atoms with Gasteiger partial charge in [-0.15, -0.1) is 0 Å². The number of H-pyrrole nitrogens is 1. The largest absolute Gasteiger partial charge is 0.530 e.